The van der Waals surface area contributed by atoms with Crippen LogP contribution in [0.1, 0.15) is 32.7 Å². The molecule has 0 spiro atoms. The van der Waals surface area contributed by atoms with E-state index in [1.807, 2.05) is 0 Å². The highest BCUT2D eigenvalue weighted by atomic mass is 35.5. The molecule has 178 valence electrons. The van der Waals surface area contributed by atoms with E-state index in [4.69, 9.17) is 23.2 Å². The molecule has 0 atom stereocenters. The van der Waals surface area contributed by atoms with E-state index in [0.717, 1.165) is 24.4 Å². The zero-order chi connectivity index (χ0) is 25.4. The third-order valence-corrected chi connectivity index (χ3v) is 6.66. The Kier molecular flexibility index (Phi) is 6.97. The van der Waals surface area contributed by atoms with Crippen molar-refractivity contribution in [3.63, 3.8) is 0 Å². The molecule has 0 radical (unpaired) electrons. The van der Waals surface area contributed by atoms with Crippen molar-refractivity contribution < 1.29 is 31.5 Å². The molecule has 12 heteroatoms. The monoisotopic (exact) mass is 530 g/mol. The van der Waals surface area contributed by atoms with Crippen molar-refractivity contribution in [3.05, 3.63) is 93.2 Å². The maximum absolute atomic E-state index is 13.2. The number of aromatic nitrogens is 1. The van der Waals surface area contributed by atoms with Crippen molar-refractivity contribution >= 4 is 50.5 Å². The van der Waals surface area contributed by atoms with Crippen molar-refractivity contribution in [3.8, 4) is 0 Å². The van der Waals surface area contributed by atoms with E-state index in [0.29, 0.717) is 17.2 Å². The first-order valence-corrected chi connectivity index (χ1v) is 11.5. The highest BCUT2D eigenvalue weighted by Crippen LogP contribution is 2.36. The largest absolute Gasteiger partial charge is 0.508 e. The molecule has 0 unspecified atom stereocenters. The lowest BCUT2D eigenvalue weighted by atomic mass is 9.96. The van der Waals surface area contributed by atoms with E-state index in [-0.39, 0.29) is 27.7 Å². The standard InChI is InChI=1S/C22H15Cl2F3N2O4S/c1-11-15(12(2)30)4-3-5-16(11)21(31)20-19(8-13(23)10-28-20)29-34(32,33)14-6-7-18(24)17(9-14)22(25,26)27/h3-10,29-30H,2H2,1H3. The number of alkyl halides is 3. The minimum atomic E-state index is -4.89. The highest BCUT2D eigenvalue weighted by molar-refractivity contribution is 7.92. The van der Waals surface area contributed by atoms with Crippen LogP contribution in [0.2, 0.25) is 10.0 Å². The number of carbonyl (C=O) groups excluding carboxylic acids is 1. The molecule has 0 bridgehead atoms. The number of aliphatic hydroxyl groups excluding tert-OH is 1. The third-order valence-electron chi connectivity index (χ3n) is 4.76. The molecule has 6 nitrogen and oxygen atoms in total. The number of benzene rings is 2. The number of halogens is 5. The quantitative estimate of drug-likeness (QED) is 0.289. The van der Waals surface area contributed by atoms with E-state index in [1.54, 1.807) is 6.92 Å². The Morgan fingerprint density at radius 2 is 1.76 bits per heavy atom. The van der Waals surface area contributed by atoms with E-state index in [2.05, 4.69) is 16.3 Å². The zero-order valence-electron chi connectivity index (χ0n) is 17.2. The van der Waals surface area contributed by atoms with Gasteiger partial charge in [-0.2, -0.15) is 13.2 Å². The third kappa shape index (κ3) is 5.19. The van der Waals surface area contributed by atoms with Crippen LogP contribution in [-0.4, -0.2) is 24.3 Å². The zero-order valence-corrected chi connectivity index (χ0v) is 19.6. The first-order chi connectivity index (χ1) is 15.7. The normalized spacial score (nSPS) is 11.8. The molecule has 1 heterocycles. The Morgan fingerprint density at radius 1 is 1.12 bits per heavy atom. The number of hydrogen-bond acceptors (Lipinski definition) is 5. The average Bonchev–Trinajstić information content (AvgIpc) is 2.72. The topological polar surface area (TPSA) is 96.4 Å². The summed E-state index contributed by atoms with van der Waals surface area (Å²) in [5.74, 6) is -0.998. The number of carbonyl (C=O) groups is 1. The van der Waals surface area contributed by atoms with Crippen LogP contribution in [0.25, 0.3) is 5.76 Å². The second-order valence-corrected chi connectivity index (χ2v) is 9.57. The Labute approximate surface area is 202 Å². The molecular formula is C22H15Cl2F3N2O4S. The smallest absolute Gasteiger partial charge is 0.417 e. The minimum Gasteiger partial charge on any atom is -0.508 e. The molecule has 0 saturated heterocycles. The van der Waals surface area contributed by atoms with Crippen LogP contribution >= 0.6 is 23.2 Å². The van der Waals surface area contributed by atoms with Crippen molar-refractivity contribution in [2.75, 3.05) is 4.72 Å². The van der Waals surface area contributed by atoms with Gasteiger partial charge in [-0.15, -0.1) is 0 Å². The van der Waals surface area contributed by atoms with Crippen LogP contribution in [0.4, 0.5) is 18.9 Å². The van der Waals surface area contributed by atoms with Crippen LogP contribution in [0.3, 0.4) is 0 Å². The lowest BCUT2D eigenvalue weighted by molar-refractivity contribution is -0.137. The Balaban J connectivity index is 2.09. The van der Waals surface area contributed by atoms with E-state index in [9.17, 15) is 31.5 Å². The van der Waals surface area contributed by atoms with Gasteiger partial charge in [-0.05, 0) is 36.8 Å². The molecule has 34 heavy (non-hydrogen) atoms. The van der Waals surface area contributed by atoms with E-state index < -0.39 is 37.5 Å². The predicted octanol–water partition coefficient (Wildman–Crippen LogP) is 6.28. The molecule has 0 saturated carbocycles. The number of nitrogens with zero attached hydrogens (tertiary/aromatic N) is 1. The molecule has 3 rings (SSSR count). The number of ketones is 1. The van der Waals surface area contributed by atoms with E-state index >= 15 is 0 Å². The van der Waals surface area contributed by atoms with Crippen LogP contribution in [0.5, 0.6) is 0 Å². The highest BCUT2D eigenvalue weighted by Gasteiger charge is 2.35. The summed E-state index contributed by atoms with van der Waals surface area (Å²) >= 11 is 11.5. The Hall–Kier alpha value is -3.08. The van der Waals surface area contributed by atoms with Gasteiger partial charge in [0.15, 0.2) is 0 Å². The molecular weight excluding hydrogens is 516 g/mol. The SMILES string of the molecule is C=C(O)c1cccc(C(=O)c2ncc(Cl)cc2NS(=O)(=O)c2ccc(Cl)c(C(F)(F)F)c2)c1C. The Morgan fingerprint density at radius 3 is 2.38 bits per heavy atom. The lowest BCUT2D eigenvalue weighted by Crippen LogP contribution is -2.18. The first-order valence-electron chi connectivity index (χ1n) is 9.30. The van der Waals surface area contributed by atoms with Gasteiger partial charge in [0.05, 0.1) is 26.2 Å². The van der Waals surface area contributed by atoms with Crippen LogP contribution in [0.15, 0.2) is 60.1 Å². The maximum atomic E-state index is 13.2. The van der Waals surface area contributed by atoms with Gasteiger partial charge in [-0.3, -0.25) is 9.52 Å². The summed E-state index contributed by atoms with van der Waals surface area (Å²) in [6.07, 6.45) is -3.78. The van der Waals surface area contributed by atoms with Crippen LogP contribution < -0.4 is 4.72 Å². The number of hydrogen-bond donors (Lipinski definition) is 2. The first kappa shape index (κ1) is 25.5. The number of pyridine rings is 1. The predicted molar refractivity (Wildman–Crippen MR) is 123 cm³/mol. The minimum absolute atomic E-state index is 0.0319. The molecule has 3 aromatic rings. The molecule has 2 N–H and O–H groups in total. The molecule has 0 amide bonds. The fraction of sp³-hybridized carbons (Fsp3) is 0.0909. The van der Waals surface area contributed by atoms with Crippen molar-refractivity contribution in [1.82, 2.24) is 4.98 Å². The second-order valence-electron chi connectivity index (χ2n) is 7.05. The van der Waals surface area contributed by atoms with Gasteiger partial charge >= 0.3 is 6.18 Å². The average molecular weight is 531 g/mol. The molecule has 0 aliphatic carbocycles. The summed E-state index contributed by atoms with van der Waals surface area (Å²) in [6, 6.07) is 7.63. The van der Waals surface area contributed by atoms with Gasteiger partial charge in [-0.1, -0.05) is 48.0 Å². The fourth-order valence-electron chi connectivity index (χ4n) is 3.11. The molecule has 0 aliphatic heterocycles. The van der Waals surface area contributed by atoms with Gasteiger partial charge in [-0.25, -0.2) is 13.4 Å². The Bertz CT molecular complexity index is 1420. The van der Waals surface area contributed by atoms with Crippen molar-refractivity contribution in [2.45, 2.75) is 18.0 Å². The van der Waals surface area contributed by atoms with Gasteiger partial charge in [0.2, 0.25) is 5.78 Å². The summed E-state index contributed by atoms with van der Waals surface area (Å²) in [7, 11) is -4.61. The summed E-state index contributed by atoms with van der Waals surface area (Å²) < 4.78 is 67.4. The summed E-state index contributed by atoms with van der Waals surface area (Å²) in [4.78, 5) is 16.4. The molecule has 1 aromatic heterocycles. The fourth-order valence-corrected chi connectivity index (χ4v) is 4.58. The number of rotatable bonds is 6. The summed E-state index contributed by atoms with van der Waals surface area (Å²) in [5, 5.41) is 9.02. The second kappa shape index (κ2) is 9.28. The van der Waals surface area contributed by atoms with Crippen molar-refractivity contribution in [1.29, 1.82) is 0 Å². The molecule has 0 aliphatic rings. The number of sulfonamides is 1. The van der Waals surface area contributed by atoms with Gasteiger partial charge in [0, 0.05) is 17.3 Å². The van der Waals surface area contributed by atoms with Crippen LogP contribution in [-0.2, 0) is 16.2 Å². The van der Waals surface area contributed by atoms with Gasteiger partial charge in [0.25, 0.3) is 10.0 Å². The molecule has 2 aromatic carbocycles. The van der Waals surface area contributed by atoms with Gasteiger partial charge in [0.1, 0.15) is 11.5 Å². The van der Waals surface area contributed by atoms with Gasteiger partial charge < -0.3 is 5.11 Å². The number of aliphatic hydroxyl groups is 1. The number of anilines is 1. The van der Waals surface area contributed by atoms with E-state index in [1.165, 1.54) is 18.2 Å². The summed E-state index contributed by atoms with van der Waals surface area (Å²) in [6.45, 7) is 4.98. The molecule has 0 fully saturated rings. The maximum Gasteiger partial charge on any atom is 0.417 e. The number of nitrogens with one attached hydrogen (secondary N) is 1. The van der Waals surface area contributed by atoms with Crippen molar-refractivity contribution in [2.24, 2.45) is 0 Å². The lowest BCUT2D eigenvalue weighted by Gasteiger charge is -2.15. The van der Waals surface area contributed by atoms with Crippen LogP contribution in [0, 0.1) is 6.92 Å². The summed E-state index contributed by atoms with van der Waals surface area (Å²) in [5.41, 5.74) is -1.31.